The smallest absolute Gasteiger partial charge is 0.127 e. The topological polar surface area (TPSA) is 38.0 Å². The molecule has 0 amide bonds. The maximum atomic E-state index is 13.6. The number of nitrogens with two attached hydrogens (primary N) is 1. The lowest BCUT2D eigenvalue weighted by Crippen LogP contribution is -2.41. The number of hydrazine groups is 1. The second-order valence-corrected chi connectivity index (χ2v) is 5.01. The zero-order valence-electron chi connectivity index (χ0n) is 9.63. The summed E-state index contributed by atoms with van der Waals surface area (Å²) in [5, 5.41) is 0. The zero-order valence-corrected chi connectivity index (χ0v) is 11.2. The summed E-state index contributed by atoms with van der Waals surface area (Å²) in [6.45, 7) is 4.22. The van der Waals surface area contributed by atoms with Gasteiger partial charge < -0.3 is 0 Å². The Labute approximate surface area is 105 Å². The molecule has 16 heavy (non-hydrogen) atoms. The van der Waals surface area contributed by atoms with Gasteiger partial charge >= 0.3 is 0 Å². The lowest BCUT2D eigenvalue weighted by molar-refractivity contribution is 0.366. The molecule has 2 atom stereocenters. The second kappa shape index (κ2) is 6.33. The minimum absolute atomic E-state index is 0.112. The first-order chi connectivity index (χ1) is 7.58. The van der Waals surface area contributed by atoms with Crippen LogP contribution < -0.4 is 11.3 Å². The van der Waals surface area contributed by atoms with Crippen LogP contribution in [0.2, 0.25) is 0 Å². The van der Waals surface area contributed by atoms with E-state index in [9.17, 15) is 4.39 Å². The first kappa shape index (κ1) is 13.6. The Hall–Kier alpha value is -0.450. The predicted molar refractivity (Wildman–Crippen MR) is 68.4 cm³/mol. The molecule has 0 aliphatic heterocycles. The Morgan fingerprint density at radius 2 is 2.19 bits per heavy atom. The van der Waals surface area contributed by atoms with Crippen LogP contribution in [0.4, 0.5) is 4.39 Å². The van der Waals surface area contributed by atoms with Gasteiger partial charge in [-0.1, -0.05) is 42.3 Å². The van der Waals surface area contributed by atoms with E-state index >= 15 is 0 Å². The van der Waals surface area contributed by atoms with Crippen molar-refractivity contribution < 1.29 is 4.39 Å². The molecule has 1 aromatic rings. The molecule has 1 rings (SSSR count). The maximum absolute atomic E-state index is 13.6. The highest BCUT2D eigenvalue weighted by atomic mass is 79.9. The lowest BCUT2D eigenvalue weighted by atomic mass is 9.93. The molecular formula is C12H18BrFN2. The number of rotatable bonds is 5. The number of halogens is 2. The molecule has 0 saturated carbocycles. The third-order valence-electron chi connectivity index (χ3n) is 3.00. The van der Waals surface area contributed by atoms with E-state index in [0.29, 0.717) is 17.9 Å². The monoisotopic (exact) mass is 288 g/mol. The highest BCUT2D eigenvalue weighted by molar-refractivity contribution is 9.10. The molecule has 2 nitrogen and oxygen atoms in total. The summed E-state index contributed by atoms with van der Waals surface area (Å²) < 4.78 is 14.4. The van der Waals surface area contributed by atoms with Crippen molar-refractivity contribution in [2.24, 2.45) is 11.8 Å². The average molecular weight is 289 g/mol. The van der Waals surface area contributed by atoms with E-state index < -0.39 is 0 Å². The van der Waals surface area contributed by atoms with Gasteiger partial charge in [-0.25, -0.2) is 4.39 Å². The molecule has 0 radical (unpaired) electrons. The van der Waals surface area contributed by atoms with Crippen molar-refractivity contribution in [3.05, 3.63) is 34.1 Å². The molecule has 0 fully saturated rings. The Balaban J connectivity index is 2.78. The molecule has 0 saturated heterocycles. The molecule has 2 unspecified atom stereocenters. The van der Waals surface area contributed by atoms with Gasteiger partial charge in [-0.3, -0.25) is 11.3 Å². The minimum Gasteiger partial charge on any atom is -0.271 e. The largest absolute Gasteiger partial charge is 0.271 e. The van der Waals surface area contributed by atoms with Gasteiger partial charge in [0.2, 0.25) is 0 Å². The van der Waals surface area contributed by atoms with Gasteiger partial charge in [-0.2, -0.15) is 0 Å². The van der Waals surface area contributed by atoms with E-state index in [4.69, 9.17) is 5.84 Å². The standard InChI is InChI=1S/C12H18BrFN2/c1-3-8(2)12(16-15)6-9-4-5-10(13)7-11(9)14/h4-5,7-8,12,16H,3,6,15H2,1-2H3. The average Bonchev–Trinajstić information content (AvgIpc) is 2.27. The van der Waals surface area contributed by atoms with Crippen LogP contribution in [-0.2, 0) is 6.42 Å². The van der Waals surface area contributed by atoms with Gasteiger partial charge in [0.1, 0.15) is 5.82 Å². The zero-order chi connectivity index (χ0) is 12.1. The molecule has 0 bridgehead atoms. The third-order valence-corrected chi connectivity index (χ3v) is 3.49. The van der Waals surface area contributed by atoms with Gasteiger partial charge in [0, 0.05) is 10.5 Å². The van der Waals surface area contributed by atoms with Crippen LogP contribution in [0.15, 0.2) is 22.7 Å². The van der Waals surface area contributed by atoms with Gasteiger partial charge in [0.25, 0.3) is 0 Å². The summed E-state index contributed by atoms with van der Waals surface area (Å²) in [6.07, 6.45) is 1.64. The van der Waals surface area contributed by atoms with Crippen LogP contribution in [0.1, 0.15) is 25.8 Å². The summed E-state index contributed by atoms with van der Waals surface area (Å²) in [5.74, 6) is 5.74. The Bertz CT molecular complexity index is 344. The van der Waals surface area contributed by atoms with Crippen LogP contribution >= 0.6 is 15.9 Å². The quantitative estimate of drug-likeness (QED) is 0.646. The van der Waals surface area contributed by atoms with Crippen molar-refractivity contribution in [3.8, 4) is 0 Å². The van der Waals surface area contributed by atoms with Gasteiger partial charge in [-0.15, -0.1) is 0 Å². The van der Waals surface area contributed by atoms with Crippen molar-refractivity contribution in [3.63, 3.8) is 0 Å². The number of nitrogens with one attached hydrogen (secondary N) is 1. The summed E-state index contributed by atoms with van der Waals surface area (Å²) in [7, 11) is 0. The lowest BCUT2D eigenvalue weighted by Gasteiger charge is -2.22. The van der Waals surface area contributed by atoms with Crippen LogP contribution in [0.25, 0.3) is 0 Å². The van der Waals surface area contributed by atoms with Crippen molar-refractivity contribution >= 4 is 15.9 Å². The maximum Gasteiger partial charge on any atom is 0.127 e. The SMILES string of the molecule is CCC(C)C(Cc1ccc(Br)cc1F)NN. The summed E-state index contributed by atoms with van der Waals surface area (Å²) in [6, 6.07) is 5.24. The van der Waals surface area contributed by atoms with E-state index in [1.54, 1.807) is 6.07 Å². The summed E-state index contributed by atoms with van der Waals surface area (Å²) in [4.78, 5) is 0. The Kier molecular flexibility index (Phi) is 5.38. The molecule has 1 aromatic carbocycles. The van der Waals surface area contributed by atoms with Crippen LogP contribution in [0, 0.1) is 11.7 Å². The van der Waals surface area contributed by atoms with Crippen molar-refractivity contribution in [2.45, 2.75) is 32.7 Å². The van der Waals surface area contributed by atoms with Gasteiger partial charge in [0.15, 0.2) is 0 Å². The molecule has 0 spiro atoms. The molecule has 0 aliphatic carbocycles. The summed E-state index contributed by atoms with van der Waals surface area (Å²) in [5.41, 5.74) is 3.47. The van der Waals surface area contributed by atoms with Crippen LogP contribution in [0.3, 0.4) is 0 Å². The van der Waals surface area contributed by atoms with Crippen LogP contribution in [-0.4, -0.2) is 6.04 Å². The van der Waals surface area contributed by atoms with Crippen LogP contribution in [0.5, 0.6) is 0 Å². The number of hydrogen-bond donors (Lipinski definition) is 2. The Morgan fingerprint density at radius 3 is 2.69 bits per heavy atom. The van der Waals surface area contributed by atoms with Crippen molar-refractivity contribution in [2.75, 3.05) is 0 Å². The molecule has 0 aliphatic rings. The first-order valence-electron chi connectivity index (χ1n) is 5.48. The first-order valence-corrected chi connectivity index (χ1v) is 6.27. The summed E-state index contributed by atoms with van der Waals surface area (Å²) >= 11 is 3.24. The fourth-order valence-electron chi connectivity index (χ4n) is 1.63. The highest BCUT2D eigenvalue weighted by Crippen LogP contribution is 2.19. The fraction of sp³-hybridized carbons (Fsp3) is 0.500. The van der Waals surface area contributed by atoms with E-state index in [1.165, 1.54) is 6.07 Å². The normalized spacial score (nSPS) is 14.8. The third kappa shape index (κ3) is 3.54. The number of benzene rings is 1. The van der Waals surface area contributed by atoms with E-state index in [0.717, 1.165) is 10.9 Å². The van der Waals surface area contributed by atoms with Gasteiger partial charge in [0.05, 0.1) is 0 Å². The van der Waals surface area contributed by atoms with E-state index in [2.05, 4.69) is 35.2 Å². The molecule has 0 aromatic heterocycles. The Morgan fingerprint density at radius 1 is 1.50 bits per heavy atom. The number of hydrogen-bond acceptors (Lipinski definition) is 2. The fourth-order valence-corrected chi connectivity index (χ4v) is 1.97. The second-order valence-electron chi connectivity index (χ2n) is 4.10. The van der Waals surface area contributed by atoms with Gasteiger partial charge in [-0.05, 0) is 30.0 Å². The molecular weight excluding hydrogens is 271 g/mol. The van der Waals surface area contributed by atoms with E-state index in [1.807, 2.05) is 6.07 Å². The molecule has 3 N–H and O–H groups in total. The predicted octanol–water partition coefficient (Wildman–Crippen LogP) is 3.01. The molecule has 90 valence electrons. The molecule has 4 heteroatoms. The van der Waals surface area contributed by atoms with Crippen molar-refractivity contribution in [1.29, 1.82) is 0 Å². The highest BCUT2D eigenvalue weighted by Gasteiger charge is 2.16. The minimum atomic E-state index is -0.182. The molecule has 0 heterocycles. The van der Waals surface area contributed by atoms with Crippen molar-refractivity contribution in [1.82, 2.24) is 5.43 Å². The van der Waals surface area contributed by atoms with E-state index in [-0.39, 0.29) is 11.9 Å².